The number of nitrogens with zero attached hydrogens (tertiary/aromatic N) is 1. The third kappa shape index (κ3) is 32.8. The molecular formula is C39H76NO3P. The van der Waals surface area contributed by atoms with Crippen molar-refractivity contribution in [2.75, 3.05) is 27.7 Å². The van der Waals surface area contributed by atoms with Gasteiger partial charge in [0.05, 0.1) is 21.1 Å². The summed E-state index contributed by atoms with van der Waals surface area (Å²) in [5, 5.41) is 12.5. The predicted molar refractivity (Wildman–Crippen MR) is 194 cm³/mol. The monoisotopic (exact) mass is 638 g/mol. The van der Waals surface area contributed by atoms with Crippen LogP contribution in [0.15, 0.2) is 12.2 Å². The molecule has 1 unspecified atom stereocenters. The minimum Gasteiger partial charge on any atom is -0.826 e. The Morgan fingerprint density at radius 3 is 1.36 bits per heavy atom. The maximum Gasteiger partial charge on any atom is 0.175 e. The molecule has 0 saturated carbocycles. The third-order valence-electron chi connectivity index (χ3n) is 8.53. The topological polar surface area (TPSA) is 49.4 Å². The lowest BCUT2D eigenvalue weighted by atomic mass is 10.0. The number of ketones is 1. The molecule has 0 radical (unpaired) electrons. The zero-order chi connectivity index (χ0) is 32.6. The van der Waals surface area contributed by atoms with Crippen molar-refractivity contribution in [3.63, 3.8) is 0 Å². The molecule has 0 aliphatic heterocycles. The van der Waals surface area contributed by atoms with Gasteiger partial charge in [-0.2, -0.15) is 0 Å². The summed E-state index contributed by atoms with van der Waals surface area (Å²) in [6, 6.07) is 0. The van der Waals surface area contributed by atoms with Crippen LogP contribution >= 0.6 is 8.43 Å². The summed E-state index contributed by atoms with van der Waals surface area (Å²) < 4.78 is 6.59. The fourth-order valence-corrected chi connectivity index (χ4v) is 6.36. The van der Waals surface area contributed by atoms with Crippen molar-refractivity contribution >= 4 is 19.7 Å². The Bertz CT molecular complexity index is 685. The van der Waals surface area contributed by atoms with E-state index < -0.39 is 6.10 Å². The second-order valence-electron chi connectivity index (χ2n) is 14.3. The lowest BCUT2D eigenvalue weighted by Crippen LogP contribution is -2.44. The van der Waals surface area contributed by atoms with Gasteiger partial charge in [0.1, 0.15) is 6.54 Å². The van der Waals surface area contributed by atoms with Crippen LogP contribution in [0, 0.1) is 0 Å². The Kier molecular flexibility index (Phi) is 32.0. The highest BCUT2D eigenvalue weighted by Gasteiger charge is 2.25. The average molecular weight is 638 g/mol. The highest BCUT2D eigenvalue weighted by atomic mass is 31.1. The number of Topliss-reactive ketones (excluding diaryl/α,β-unsaturated/α-hetero) is 1. The number of quaternary nitrogens is 1. The van der Waals surface area contributed by atoms with Crippen LogP contribution in [0.3, 0.4) is 0 Å². The van der Waals surface area contributed by atoms with Gasteiger partial charge in [0.25, 0.3) is 0 Å². The SMILES string of the molecule is CCCCCCCCC=CCCCCCCCC([O-])=POC(C[N+](C)(C)C)C(=O)CCCCCCCCCCCCCCC. The number of likely N-dealkylation sites (N-methyl/N-ethyl adjacent to an activating group) is 1. The summed E-state index contributed by atoms with van der Waals surface area (Å²) in [6.07, 6.45) is 38.7. The maximum atomic E-state index is 13.0. The highest BCUT2D eigenvalue weighted by molar-refractivity contribution is 7.34. The number of allylic oxidation sites excluding steroid dienone is 2. The number of carbonyl (C=O) groups excluding carboxylic acids is 1. The zero-order valence-electron chi connectivity index (χ0n) is 30.4. The van der Waals surface area contributed by atoms with E-state index in [0.717, 1.165) is 25.7 Å². The molecule has 0 bridgehead atoms. The van der Waals surface area contributed by atoms with Crippen molar-refractivity contribution in [3.05, 3.63) is 12.2 Å². The fraction of sp³-hybridized carbons (Fsp3) is 0.897. The number of hydrogen-bond donors (Lipinski definition) is 0. The molecule has 0 aromatic carbocycles. The molecule has 5 heteroatoms. The average Bonchev–Trinajstić information content (AvgIpc) is 2.98. The second-order valence-corrected chi connectivity index (χ2v) is 15.2. The van der Waals surface area contributed by atoms with Crippen LogP contribution < -0.4 is 5.11 Å². The summed E-state index contributed by atoms with van der Waals surface area (Å²) in [4.78, 5) is 13.0. The summed E-state index contributed by atoms with van der Waals surface area (Å²) in [5.41, 5.74) is 0.114. The van der Waals surface area contributed by atoms with E-state index in [9.17, 15) is 9.90 Å². The van der Waals surface area contributed by atoms with E-state index in [-0.39, 0.29) is 11.3 Å². The molecule has 0 N–H and O–H groups in total. The Morgan fingerprint density at radius 1 is 0.591 bits per heavy atom. The first-order valence-electron chi connectivity index (χ1n) is 19.2. The first-order valence-corrected chi connectivity index (χ1v) is 20.0. The molecule has 0 rings (SSSR count). The molecule has 0 saturated heterocycles. The van der Waals surface area contributed by atoms with Gasteiger partial charge in [-0.3, -0.25) is 4.79 Å². The first kappa shape index (κ1) is 43.5. The van der Waals surface area contributed by atoms with Crippen LogP contribution in [0.25, 0.3) is 0 Å². The smallest absolute Gasteiger partial charge is 0.175 e. The molecule has 0 aliphatic carbocycles. The van der Waals surface area contributed by atoms with Gasteiger partial charge in [-0.25, -0.2) is 0 Å². The van der Waals surface area contributed by atoms with Crippen molar-refractivity contribution in [2.45, 2.75) is 200 Å². The summed E-state index contributed by atoms with van der Waals surface area (Å²) in [5.74, 6) is 0.169. The Hall–Kier alpha value is -0.540. The quantitative estimate of drug-likeness (QED) is 0.0305. The van der Waals surface area contributed by atoms with Gasteiger partial charge < -0.3 is 14.1 Å². The molecule has 0 fully saturated rings. The largest absolute Gasteiger partial charge is 0.826 e. The van der Waals surface area contributed by atoms with Gasteiger partial charge in [0, 0.05) is 14.9 Å². The molecule has 260 valence electrons. The molecule has 0 amide bonds. The minimum absolute atomic E-state index is 0.114. The standard InChI is InChI=1S/C39H76NO3P/c1-6-8-10-12-14-16-18-20-21-23-25-27-29-31-33-35-39(42)44-43-38(36-40(3,4)5)37(41)34-32-30-28-26-24-22-19-17-15-13-11-9-7-2/h20-21,38H,6-19,22-36H2,1-5H3. The Labute approximate surface area is 277 Å². The van der Waals surface area contributed by atoms with E-state index >= 15 is 0 Å². The summed E-state index contributed by atoms with van der Waals surface area (Å²) in [7, 11) is 6.61. The van der Waals surface area contributed by atoms with Gasteiger partial charge in [-0.1, -0.05) is 161 Å². The zero-order valence-corrected chi connectivity index (χ0v) is 31.3. The highest BCUT2D eigenvalue weighted by Crippen LogP contribution is 2.18. The van der Waals surface area contributed by atoms with E-state index in [4.69, 9.17) is 4.52 Å². The van der Waals surface area contributed by atoms with Gasteiger partial charge in [-0.15, -0.1) is 5.48 Å². The fourth-order valence-electron chi connectivity index (χ4n) is 5.68. The van der Waals surface area contributed by atoms with Crippen LogP contribution in [0.5, 0.6) is 0 Å². The van der Waals surface area contributed by atoms with Crippen molar-refractivity contribution < 1.29 is 18.9 Å². The van der Waals surface area contributed by atoms with Gasteiger partial charge in [0.15, 0.2) is 11.9 Å². The van der Waals surface area contributed by atoms with E-state index in [1.807, 2.05) is 0 Å². The number of hydrogen-bond acceptors (Lipinski definition) is 3. The Balaban J connectivity index is 3.98. The Morgan fingerprint density at radius 2 is 0.955 bits per heavy atom. The van der Waals surface area contributed by atoms with Crippen LogP contribution in [-0.4, -0.2) is 49.5 Å². The van der Waals surface area contributed by atoms with Crippen molar-refractivity contribution in [1.82, 2.24) is 0 Å². The van der Waals surface area contributed by atoms with Gasteiger partial charge in [-0.05, 0) is 38.5 Å². The molecule has 0 spiro atoms. The lowest BCUT2D eigenvalue weighted by molar-refractivity contribution is -0.872. The lowest BCUT2D eigenvalue weighted by Gasteiger charge is -2.28. The summed E-state index contributed by atoms with van der Waals surface area (Å²) in [6.45, 7) is 5.16. The van der Waals surface area contributed by atoms with E-state index in [0.29, 0.717) is 32.3 Å². The summed E-state index contributed by atoms with van der Waals surface area (Å²) >= 11 is 0. The van der Waals surface area contributed by atoms with E-state index in [1.54, 1.807) is 0 Å². The first-order chi connectivity index (χ1) is 21.3. The van der Waals surface area contributed by atoms with Crippen molar-refractivity contribution in [1.29, 1.82) is 0 Å². The number of carbonyl (C=O) groups is 1. The molecule has 0 aromatic heterocycles. The molecular weight excluding hydrogens is 561 g/mol. The van der Waals surface area contributed by atoms with Crippen LogP contribution in [0.1, 0.15) is 194 Å². The normalized spacial score (nSPS) is 13.3. The second kappa shape index (κ2) is 32.4. The number of unbranched alkanes of at least 4 members (excludes halogenated alkanes) is 23. The van der Waals surface area contributed by atoms with E-state index in [1.165, 1.54) is 141 Å². The predicted octanol–water partition coefficient (Wildman–Crippen LogP) is 11.5. The van der Waals surface area contributed by atoms with Crippen molar-refractivity contribution in [2.24, 2.45) is 0 Å². The molecule has 0 heterocycles. The number of rotatable bonds is 34. The molecule has 1 atom stereocenters. The minimum atomic E-state index is -0.480. The molecule has 0 aliphatic rings. The van der Waals surface area contributed by atoms with Crippen LogP contribution in [-0.2, 0) is 9.32 Å². The molecule has 4 nitrogen and oxygen atoms in total. The van der Waals surface area contributed by atoms with Gasteiger partial charge >= 0.3 is 0 Å². The third-order valence-corrected chi connectivity index (χ3v) is 9.32. The molecule has 0 aromatic rings. The van der Waals surface area contributed by atoms with Crippen molar-refractivity contribution in [3.8, 4) is 0 Å². The van der Waals surface area contributed by atoms with Crippen LogP contribution in [0.4, 0.5) is 0 Å². The van der Waals surface area contributed by atoms with Gasteiger partial charge in [0.2, 0.25) is 0 Å². The maximum absolute atomic E-state index is 13.0. The molecule has 44 heavy (non-hydrogen) atoms. The van der Waals surface area contributed by atoms with Crippen LogP contribution in [0.2, 0.25) is 0 Å². The van der Waals surface area contributed by atoms with E-state index in [2.05, 4.69) is 47.1 Å².